The van der Waals surface area contributed by atoms with Crippen LogP contribution in [0.5, 0.6) is 0 Å². The number of thiophene rings is 1. The average Bonchev–Trinajstić information content (AvgIpc) is 2.83. The Morgan fingerprint density at radius 3 is 2.24 bits per heavy atom. The number of rotatable bonds is 4. The molecule has 0 saturated heterocycles. The zero-order valence-electron chi connectivity index (χ0n) is 12.0. The molecule has 0 radical (unpaired) electrons. The second-order valence-electron chi connectivity index (χ2n) is 7.44. The van der Waals surface area contributed by atoms with Gasteiger partial charge in [-0.2, -0.15) is 0 Å². The maximum absolute atomic E-state index is 12.4. The van der Waals surface area contributed by atoms with Gasteiger partial charge in [0, 0.05) is 17.6 Å². The van der Waals surface area contributed by atoms with Gasteiger partial charge in [0.25, 0.3) is 0 Å². The Morgan fingerprint density at radius 2 is 1.76 bits per heavy atom. The lowest BCUT2D eigenvalue weighted by molar-refractivity contribution is -0.0487. The molecule has 5 rings (SSSR count). The molecule has 0 unspecified atom stereocenters. The summed E-state index contributed by atoms with van der Waals surface area (Å²) >= 11 is 1.20. The predicted octanol–water partition coefficient (Wildman–Crippen LogP) is 2.83. The fourth-order valence-corrected chi connectivity index (χ4v) is 7.58. The second-order valence-corrected chi connectivity index (χ2v) is 10.3. The highest BCUT2D eigenvalue weighted by Gasteiger charge is 2.50. The van der Waals surface area contributed by atoms with Crippen LogP contribution in [0.25, 0.3) is 0 Å². The van der Waals surface area contributed by atoms with Gasteiger partial charge in [-0.05, 0) is 67.8 Å². The summed E-state index contributed by atoms with van der Waals surface area (Å²) in [6.45, 7) is 0.608. The molecule has 4 saturated carbocycles. The fourth-order valence-electron chi connectivity index (χ4n) is 5.30. The van der Waals surface area contributed by atoms with Crippen LogP contribution < -0.4 is 10.5 Å². The Hall–Kier alpha value is -0.590. The van der Waals surface area contributed by atoms with Crippen molar-refractivity contribution in [3.05, 3.63) is 11.4 Å². The number of hydrogen-bond donors (Lipinski definition) is 2. The first kappa shape index (κ1) is 14.0. The molecule has 116 valence electrons. The molecule has 0 amide bonds. The lowest BCUT2D eigenvalue weighted by Gasteiger charge is -2.56. The van der Waals surface area contributed by atoms with Gasteiger partial charge in [-0.1, -0.05) is 0 Å². The van der Waals surface area contributed by atoms with Crippen LogP contribution in [0.1, 0.15) is 38.5 Å². The van der Waals surface area contributed by atoms with E-state index in [1.165, 1.54) is 49.9 Å². The molecule has 4 aliphatic carbocycles. The Morgan fingerprint density at radius 1 is 1.19 bits per heavy atom. The van der Waals surface area contributed by atoms with Gasteiger partial charge in [0.15, 0.2) is 0 Å². The van der Waals surface area contributed by atoms with Gasteiger partial charge in [-0.3, -0.25) is 0 Å². The molecule has 0 aromatic carbocycles. The molecule has 0 aliphatic heterocycles. The number of sulfonamides is 1. The molecule has 4 aliphatic rings. The second kappa shape index (κ2) is 4.70. The van der Waals surface area contributed by atoms with Crippen LogP contribution in [-0.4, -0.2) is 15.0 Å². The van der Waals surface area contributed by atoms with Crippen molar-refractivity contribution in [2.24, 2.45) is 23.2 Å². The summed E-state index contributed by atoms with van der Waals surface area (Å²) in [6, 6.07) is 1.55. The molecular weight excluding hydrogens is 304 g/mol. The van der Waals surface area contributed by atoms with E-state index in [9.17, 15) is 8.42 Å². The van der Waals surface area contributed by atoms with Crippen LogP contribution in [0.3, 0.4) is 0 Å². The van der Waals surface area contributed by atoms with E-state index in [-0.39, 0.29) is 5.41 Å². The molecule has 4 nitrogen and oxygen atoms in total. The molecule has 4 fully saturated rings. The molecule has 1 heterocycles. The molecule has 21 heavy (non-hydrogen) atoms. The largest absolute Gasteiger partial charge is 0.398 e. The van der Waals surface area contributed by atoms with Gasteiger partial charge < -0.3 is 5.73 Å². The highest BCUT2D eigenvalue weighted by molar-refractivity contribution is 7.91. The molecule has 3 N–H and O–H groups in total. The maximum atomic E-state index is 12.4. The van der Waals surface area contributed by atoms with Crippen LogP contribution in [0.15, 0.2) is 15.7 Å². The highest BCUT2D eigenvalue weighted by Crippen LogP contribution is 2.59. The van der Waals surface area contributed by atoms with Crippen LogP contribution in [0.2, 0.25) is 0 Å². The number of hydrogen-bond acceptors (Lipinski definition) is 4. The molecule has 0 spiro atoms. The summed E-state index contributed by atoms with van der Waals surface area (Å²) in [6.07, 6.45) is 7.80. The van der Waals surface area contributed by atoms with E-state index in [2.05, 4.69) is 4.72 Å². The van der Waals surface area contributed by atoms with E-state index in [0.29, 0.717) is 16.4 Å². The van der Waals surface area contributed by atoms with Crippen LogP contribution in [0.4, 0.5) is 5.69 Å². The van der Waals surface area contributed by atoms with Gasteiger partial charge in [-0.25, -0.2) is 13.1 Å². The first-order valence-electron chi connectivity index (χ1n) is 7.78. The molecule has 1 aromatic rings. The first-order valence-corrected chi connectivity index (χ1v) is 10.1. The molecule has 0 atom stereocenters. The number of anilines is 1. The number of nitrogens with two attached hydrogens (primary N) is 1. The predicted molar refractivity (Wildman–Crippen MR) is 84.5 cm³/mol. The van der Waals surface area contributed by atoms with Crippen LogP contribution in [-0.2, 0) is 10.0 Å². The molecule has 6 heteroatoms. The maximum Gasteiger partial charge on any atom is 0.250 e. The molecule has 4 bridgehead atoms. The van der Waals surface area contributed by atoms with Crippen molar-refractivity contribution < 1.29 is 8.42 Å². The Kier molecular flexibility index (Phi) is 3.14. The van der Waals surface area contributed by atoms with Crippen LogP contribution >= 0.6 is 11.3 Å². The third kappa shape index (κ3) is 2.51. The zero-order chi connectivity index (χ0) is 14.7. The Labute approximate surface area is 130 Å². The van der Waals surface area contributed by atoms with E-state index in [1.807, 2.05) is 0 Å². The van der Waals surface area contributed by atoms with E-state index >= 15 is 0 Å². The van der Waals surface area contributed by atoms with E-state index in [4.69, 9.17) is 5.73 Å². The van der Waals surface area contributed by atoms with Crippen molar-refractivity contribution in [2.75, 3.05) is 12.3 Å². The van der Waals surface area contributed by atoms with Crippen molar-refractivity contribution >= 4 is 27.0 Å². The summed E-state index contributed by atoms with van der Waals surface area (Å²) in [5.41, 5.74) is 6.39. The quantitative estimate of drug-likeness (QED) is 0.893. The minimum Gasteiger partial charge on any atom is -0.398 e. The normalized spacial score (nSPS) is 38.0. The third-order valence-electron chi connectivity index (χ3n) is 5.66. The van der Waals surface area contributed by atoms with Gasteiger partial charge in [0.1, 0.15) is 4.21 Å². The third-order valence-corrected chi connectivity index (χ3v) is 8.52. The van der Waals surface area contributed by atoms with Crippen molar-refractivity contribution in [3.8, 4) is 0 Å². The molecular formula is C15H22N2O2S2. The zero-order valence-corrected chi connectivity index (χ0v) is 13.7. The van der Waals surface area contributed by atoms with Crippen molar-refractivity contribution in [1.29, 1.82) is 0 Å². The van der Waals surface area contributed by atoms with Crippen molar-refractivity contribution in [3.63, 3.8) is 0 Å². The van der Waals surface area contributed by atoms with Crippen molar-refractivity contribution in [2.45, 2.75) is 42.7 Å². The standard InChI is InChI=1S/C15H22N2O2S2/c16-13-4-14(20-8-13)21(18,19)17-9-15-5-10-1-11(6-15)3-12(2-10)7-15/h4,8,10-12,17H,1-3,5-7,9,16H2. The fraction of sp³-hybridized carbons (Fsp3) is 0.733. The average molecular weight is 326 g/mol. The molecule has 1 aromatic heterocycles. The number of nitrogen functional groups attached to an aromatic ring is 1. The highest BCUT2D eigenvalue weighted by atomic mass is 32.2. The van der Waals surface area contributed by atoms with Crippen LogP contribution in [0, 0.1) is 23.2 Å². The summed E-state index contributed by atoms with van der Waals surface area (Å²) in [4.78, 5) is 0. The van der Waals surface area contributed by atoms with E-state index in [1.54, 1.807) is 11.4 Å². The summed E-state index contributed by atoms with van der Waals surface area (Å²) in [5, 5.41) is 1.68. The Balaban J connectivity index is 1.49. The monoisotopic (exact) mass is 326 g/mol. The van der Waals surface area contributed by atoms with E-state index in [0.717, 1.165) is 17.8 Å². The Bertz CT molecular complexity index is 615. The lowest BCUT2D eigenvalue weighted by Crippen LogP contribution is -2.51. The van der Waals surface area contributed by atoms with Gasteiger partial charge in [0.2, 0.25) is 10.0 Å². The van der Waals surface area contributed by atoms with Gasteiger partial charge in [0.05, 0.1) is 0 Å². The summed E-state index contributed by atoms with van der Waals surface area (Å²) < 4.78 is 28.0. The smallest absolute Gasteiger partial charge is 0.250 e. The van der Waals surface area contributed by atoms with Gasteiger partial charge in [-0.15, -0.1) is 11.3 Å². The van der Waals surface area contributed by atoms with E-state index < -0.39 is 10.0 Å². The minimum absolute atomic E-state index is 0.227. The minimum atomic E-state index is -3.39. The topological polar surface area (TPSA) is 72.2 Å². The van der Waals surface area contributed by atoms with Crippen molar-refractivity contribution in [1.82, 2.24) is 4.72 Å². The summed E-state index contributed by atoms with van der Waals surface area (Å²) in [5.74, 6) is 2.54. The number of nitrogens with one attached hydrogen (secondary N) is 1. The van der Waals surface area contributed by atoms with Gasteiger partial charge >= 0.3 is 0 Å². The SMILES string of the molecule is Nc1csc(S(=O)(=O)NCC23CC4CC(CC(C4)C2)C3)c1. The first-order chi connectivity index (χ1) is 9.94. The summed E-state index contributed by atoms with van der Waals surface area (Å²) in [7, 11) is -3.39. The lowest BCUT2D eigenvalue weighted by atomic mass is 9.50.